The first-order valence-electron chi connectivity index (χ1n) is 12.9. The minimum Gasteiger partial charge on any atom is -0.366 e. The van der Waals surface area contributed by atoms with E-state index in [4.69, 9.17) is 5.73 Å². The molecule has 1 aliphatic heterocycles. The first-order chi connectivity index (χ1) is 19.2. The van der Waals surface area contributed by atoms with E-state index in [1.54, 1.807) is 43.3 Å². The number of sulfonamides is 1. The molecule has 1 saturated heterocycles. The number of aromatic nitrogens is 1. The molecule has 5 rings (SSSR count). The SMILES string of the molecule is Cc1c(NS(=O)(=O)CS(C)(=O)=O)cccc1-c1ccc(C(N)=O)c2[nH]c3cc(C(=O)N4CCN(C)CC4)ccc3c12. The maximum Gasteiger partial charge on any atom is 0.254 e. The Morgan fingerprint density at radius 3 is 2.34 bits per heavy atom. The Morgan fingerprint density at radius 2 is 1.68 bits per heavy atom. The number of nitrogens with zero attached hydrogens (tertiary/aromatic N) is 2. The number of nitrogens with two attached hydrogens (primary N) is 1. The molecule has 0 unspecified atom stereocenters. The standard InChI is InChI=1S/C28H31N5O6S2/c1-17-19(5-4-6-23(17)31-41(38,39)16-40(3,36)37)20-9-10-22(27(29)34)26-25(20)21-8-7-18(15-24(21)30-26)28(35)33-13-11-32(2)12-14-33/h4-10,15,30-31H,11-14,16H2,1-3H3,(H2,29,34). The van der Waals surface area contributed by atoms with Crippen molar-refractivity contribution in [3.05, 3.63) is 65.2 Å². The van der Waals surface area contributed by atoms with E-state index in [0.717, 1.165) is 24.7 Å². The number of aromatic amines is 1. The van der Waals surface area contributed by atoms with Crippen molar-refractivity contribution in [3.8, 4) is 11.1 Å². The summed E-state index contributed by atoms with van der Waals surface area (Å²) in [4.78, 5) is 32.9. The molecule has 1 aliphatic rings. The molecular weight excluding hydrogens is 566 g/mol. The lowest BCUT2D eigenvalue weighted by atomic mass is 9.93. The fourth-order valence-electron chi connectivity index (χ4n) is 5.28. The number of rotatable bonds is 7. The van der Waals surface area contributed by atoms with Gasteiger partial charge in [-0.2, -0.15) is 0 Å². The van der Waals surface area contributed by atoms with Crippen molar-refractivity contribution in [1.29, 1.82) is 0 Å². The Hall–Kier alpha value is -3.94. The Kier molecular flexibility index (Phi) is 7.30. The van der Waals surface area contributed by atoms with Crippen LogP contribution in [0.25, 0.3) is 32.9 Å². The van der Waals surface area contributed by atoms with Crippen LogP contribution in [-0.2, 0) is 19.9 Å². The number of benzene rings is 3. The Bertz CT molecular complexity index is 1920. The normalized spacial score (nSPS) is 15.0. The number of H-pyrrole nitrogens is 1. The molecule has 13 heteroatoms. The number of carbonyl (C=O) groups excluding carboxylic acids is 2. The molecule has 11 nitrogen and oxygen atoms in total. The third kappa shape index (κ3) is 5.78. The monoisotopic (exact) mass is 597 g/mol. The highest BCUT2D eigenvalue weighted by atomic mass is 32.3. The van der Waals surface area contributed by atoms with Crippen molar-refractivity contribution < 1.29 is 26.4 Å². The van der Waals surface area contributed by atoms with Crippen molar-refractivity contribution in [1.82, 2.24) is 14.8 Å². The van der Waals surface area contributed by atoms with Crippen LogP contribution in [0, 0.1) is 6.92 Å². The second kappa shape index (κ2) is 10.5. The van der Waals surface area contributed by atoms with Crippen LogP contribution >= 0.6 is 0 Å². The van der Waals surface area contributed by atoms with Gasteiger partial charge in [-0.25, -0.2) is 16.8 Å². The summed E-state index contributed by atoms with van der Waals surface area (Å²) in [5.74, 6) is -0.695. The van der Waals surface area contributed by atoms with Gasteiger partial charge in [-0.05, 0) is 54.9 Å². The molecule has 4 aromatic rings. The Labute approximate surface area is 238 Å². The maximum atomic E-state index is 13.2. The molecule has 0 radical (unpaired) electrons. The Morgan fingerprint density at radius 1 is 0.976 bits per heavy atom. The van der Waals surface area contributed by atoms with Crippen LogP contribution in [0.4, 0.5) is 5.69 Å². The van der Waals surface area contributed by atoms with Crippen molar-refractivity contribution in [3.63, 3.8) is 0 Å². The number of hydrogen-bond donors (Lipinski definition) is 3. The van der Waals surface area contributed by atoms with Gasteiger partial charge in [-0.1, -0.05) is 24.3 Å². The zero-order valence-electron chi connectivity index (χ0n) is 22.9. The summed E-state index contributed by atoms with van der Waals surface area (Å²) in [7, 11) is -5.93. The van der Waals surface area contributed by atoms with Gasteiger partial charge in [-0.3, -0.25) is 14.3 Å². The lowest BCUT2D eigenvalue weighted by Crippen LogP contribution is -2.47. The van der Waals surface area contributed by atoms with Gasteiger partial charge >= 0.3 is 0 Å². The highest BCUT2D eigenvalue weighted by Gasteiger charge is 2.24. The third-order valence-electron chi connectivity index (χ3n) is 7.32. The number of primary amides is 1. The molecule has 41 heavy (non-hydrogen) atoms. The van der Waals surface area contributed by atoms with E-state index in [-0.39, 0.29) is 17.2 Å². The quantitative estimate of drug-likeness (QED) is 0.295. The second-order valence-electron chi connectivity index (χ2n) is 10.5. The van der Waals surface area contributed by atoms with Gasteiger partial charge in [0.25, 0.3) is 11.8 Å². The first-order valence-corrected chi connectivity index (χ1v) is 16.6. The van der Waals surface area contributed by atoms with Crippen molar-refractivity contribution in [2.75, 3.05) is 49.3 Å². The van der Waals surface area contributed by atoms with Crippen LogP contribution in [0.2, 0.25) is 0 Å². The minimum atomic E-state index is -4.17. The molecule has 0 aliphatic carbocycles. The highest BCUT2D eigenvalue weighted by molar-refractivity contribution is 8.08. The van der Waals surface area contributed by atoms with E-state index in [2.05, 4.69) is 14.6 Å². The van der Waals surface area contributed by atoms with E-state index in [1.165, 1.54) is 0 Å². The van der Waals surface area contributed by atoms with Crippen LogP contribution in [0.5, 0.6) is 0 Å². The molecule has 2 amide bonds. The fraction of sp³-hybridized carbons (Fsp3) is 0.286. The molecular formula is C28H31N5O6S2. The lowest BCUT2D eigenvalue weighted by Gasteiger charge is -2.32. The number of sulfone groups is 1. The molecule has 0 saturated carbocycles. The number of nitrogens with one attached hydrogen (secondary N) is 2. The average Bonchev–Trinajstić information content (AvgIpc) is 3.26. The number of carbonyl (C=O) groups is 2. The summed E-state index contributed by atoms with van der Waals surface area (Å²) >= 11 is 0. The topological polar surface area (TPSA) is 163 Å². The van der Waals surface area contributed by atoms with Gasteiger partial charge in [0.15, 0.2) is 14.9 Å². The number of piperazine rings is 1. The van der Waals surface area contributed by atoms with Crippen LogP contribution in [0.3, 0.4) is 0 Å². The Balaban J connectivity index is 1.63. The van der Waals surface area contributed by atoms with E-state index in [0.29, 0.717) is 51.8 Å². The molecule has 1 aromatic heterocycles. The zero-order chi connectivity index (χ0) is 29.7. The van der Waals surface area contributed by atoms with Gasteiger partial charge in [0.2, 0.25) is 10.0 Å². The van der Waals surface area contributed by atoms with Gasteiger partial charge in [0.1, 0.15) is 0 Å². The molecule has 0 atom stereocenters. The summed E-state index contributed by atoms with van der Waals surface area (Å²) in [5.41, 5.74) is 9.82. The average molecular weight is 598 g/mol. The molecule has 0 bridgehead atoms. The van der Waals surface area contributed by atoms with E-state index in [9.17, 15) is 26.4 Å². The second-order valence-corrected chi connectivity index (χ2v) is 14.7. The summed E-state index contributed by atoms with van der Waals surface area (Å²) < 4.78 is 50.7. The summed E-state index contributed by atoms with van der Waals surface area (Å²) in [6.07, 6.45) is 0.855. The number of anilines is 1. The van der Waals surface area contributed by atoms with Crippen molar-refractivity contribution >= 4 is 59.2 Å². The molecule has 2 heterocycles. The molecule has 4 N–H and O–H groups in total. The summed E-state index contributed by atoms with van der Waals surface area (Å²) in [6.45, 7) is 4.60. The predicted octanol–water partition coefficient (Wildman–Crippen LogP) is 2.53. The van der Waals surface area contributed by atoms with Crippen LogP contribution < -0.4 is 10.5 Å². The van der Waals surface area contributed by atoms with Crippen LogP contribution in [-0.4, -0.2) is 88.0 Å². The van der Waals surface area contributed by atoms with Gasteiger partial charge in [-0.15, -0.1) is 0 Å². The number of likely N-dealkylation sites (N-methyl/N-ethyl adjacent to an activating group) is 1. The van der Waals surface area contributed by atoms with Gasteiger partial charge < -0.3 is 20.5 Å². The van der Waals surface area contributed by atoms with Gasteiger partial charge in [0, 0.05) is 54.3 Å². The van der Waals surface area contributed by atoms with Gasteiger partial charge in [0.05, 0.1) is 16.8 Å². The zero-order valence-corrected chi connectivity index (χ0v) is 24.5. The first kappa shape index (κ1) is 28.6. The molecule has 0 spiro atoms. The fourth-order valence-corrected chi connectivity index (χ4v) is 8.33. The smallest absolute Gasteiger partial charge is 0.254 e. The maximum absolute atomic E-state index is 13.2. The van der Waals surface area contributed by atoms with E-state index in [1.807, 2.05) is 24.1 Å². The van der Waals surface area contributed by atoms with Crippen molar-refractivity contribution in [2.45, 2.75) is 6.92 Å². The molecule has 3 aromatic carbocycles. The summed E-state index contributed by atoms with van der Waals surface area (Å²) in [6, 6.07) is 13.7. The molecule has 216 valence electrons. The highest BCUT2D eigenvalue weighted by Crippen LogP contribution is 2.39. The van der Waals surface area contributed by atoms with Crippen LogP contribution in [0.15, 0.2) is 48.5 Å². The molecule has 1 fully saturated rings. The number of hydrogen-bond acceptors (Lipinski definition) is 7. The van der Waals surface area contributed by atoms with E-state index < -0.39 is 30.9 Å². The minimum absolute atomic E-state index is 0.0704. The predicted molar refractivity (Wildman–Crippen MR) is 160 cm³/mol. The summed E-state index contributed by atoms with van der Waals surface area (Å²) in [5, 5.41) is 0.406. The van der Waals surface area contributed by atoms with E-state index >= 15 is 0 Å². The van der Waals surface area contributed by atoms with Crippen molar-refractivity contribution in [2.24, 2.45) is 5.73 Å². The van der Waals surface area contributed by atoms with Crippen LogP contribution in [0.1, 0.15) is 26.3 Å². The number of amides is 2. The number of fused-ring (bicyclic) bond motifs is 3. The lowest BCUT2D eigenvalue weighted by molar-refractivity contribution is 0.0664. The third-order valence-corrected chi connectivity index (χ3v) is 10.8. The largest absolute Gasteiger partial charge is 0.366 e.